The molecule has 1 aromatic heterocycles. The van der Waals surface area contributed by atoms with Gasteiger partial charge >= 0.3 is 0 Å². The number of nitrogens with one attached hydrogen (secondary N) is 1. The van der Waals surface area contributed by atoms with Gasteiger partial charge in [-0.15, -0.1) is 0 Å². The van der Waals surface area contributed by atoms with Crippen LogP contribution in [-0.4, -0.2) is 9.78 Å². The van der Waals surface area contributed by atoms with Crippen molar-refractivity contribution in [3.63, 3.8) is 0 Å². The third-order valence-electron chi connectivity index (χ3n) is 3.09. The summed E-state index contributed by atoms with van der Waals surface area (Å²) in [7, 11) is 0. The molecule has 2 rings (SSSR count). The van der Waals surface area contributed by atoms with Gasteiger partial charge < -0.3 is 5.32 Å². The highest BCUT2D eigenvalue weighted by Gasteiger charge is 2.06. The Bertz CT molecular complexity index is 553. The van der Waals surface area contributed by atoms with E-state index in [0.717, 1.165) is 12.1 Å². The Kier molecular flexibility index (Phi) is 4.43. The van der Waals surface area contributed by atoms with Crippen LogP contribution in [-0.2, 0) is 6.54 Å². The van der Waals surface area contributed by atoms with Crippen molar-refractivity contribution < 1.29 is 4.39 Å². The number of benzene rings is 1. The van der Waals surface area contributed by atoms with Gasteiger partial charge in [0, 0.05) is 12.2 Å². The van der Waals surface area contributed by atoms with Crippen LogP contribution in [0.1, 0.15) is 32.0 Å². The molecule has 0 radical (unpaired) electrons. The van der Waals surface area contributed by atoms with E-state index < -0.39 is 0 Å². The van der Waals surface area contributed by atoms with Crippen molar-refractivity contribution in [2.24, 2.45) is 0 Å². The van der Waals surface area contributed by atoms with Crippen molar-refractivity contribution in [3.8, 4) is 0 Å². The average molecular weight is 282 g/mol. The number of hydrogen-bond donors (Lipinski definition) is 1. The number of halogens is 2. The third kappa shape index (κ3) is 3.47. The van der Waals surface area contributed by atoms with Gasteiger partial charge in [0.1, 0.15) is 5.82 Å². The monoisotopic (exact) mass is 281 g/mol. The standard InChI is InChI=1S/C14H17ClFN3/c1-3-10(2)19-7-6-12(18-19)9-17-14-8-11(16)4-5-13(14)15/h4-8,10,17H,3,9H2,1-2H3. The molecule has 1 heterocycles. The minimum Gasteiger partial charge on any atom is -0.378 e. The Morgan fingerprint density at radius 1 is 1.42 bits per heavy atom. The molecule has 1 unspecified atom stereocenters. The lowest BCUT2D eigenvalue weighted by atomic mass is 10.3. The molecule has 0 aliphatic carbocycles. The molecule has 0 amide bonds. The van der Waals surface area contributed by atoms with Gasteiger partial charge in [-0.3, -0.25) is 4.68 Å². The average Bonchev–Trinajstić information content (AvgIpc) is 2.88. The molecule has 102 valence electrons. The summed E-state index contributed by atoms with van der Waals surface area (Å²) in [5.41, 5.74) is 1.49. The van der Waals surface area contributed by atoms with Crippen molar-refractivity contribution in [1.29, 1.82) is 0 Å². The Morgan fingerprint density at radius 3 is 2.95 bits per heavy atom. The summed E-state index contributed by atoms with van der Waals surface area (Å²) < 4.78 is 15.0. The zero-order chi connectivity index (χ0) is 13.8. The third-order valence-corrected chi connectivity index (χ3v) is 3.42. The minimum atomic E-state index is -0.308. The van der Waals surface area contributed by atoms with Crippen LogP contribution in [0.2, 0.25) is 5.02 Å². The highest BCUT2D eigenvalue weighted by Crippen LogP contribution is 2.22. The fourth-order valence-electron chi connectivity index (χ4n) is 1.72. The smallest absolute Gasteiger partial charge is 0.125 e. The summed E-state index contributed by atoms with van der Waals surface area (Å²) in [6.07, 6.45) is 2.99. The van der Waals surface area contributed by atoms with Crippen molar-refractivity contribution >= 4 is 17.3 Å². The Morgan fingerprint density at radius 2 is 2.21 bits per heavy atom. The van der Waals surface area contributed by atoms with Crippen molar-refractivity contribution in [2.75, 3.05) is 5.32 Å². The molecule has 2 aromatic rings. The Labute approximate surface area is 117 Å². The topological polar surface area (TPSA) is 29.9 Å². The van der Waals surface area contributed by atoms with Crippen molar-refractivity contribution in [2.45, 2.75) is 32.9 Å². The Balaban J connectivity index is 2.02. The molecule has 0 aliphatic rings. The molecule has 0 spiro atoms. The summed E-state index contributed by atoms with van der Waals surface area (Å²) >= 11 is 5.99. The van der Waals surface area contributed by atoms with E-state index in [4.69, 9.17) is 11.6 Å². The van der Waals surface area contributed by atoms with E-state index in [0.29, 0.717) is 23.3 Å². The molecule has 0 fully saturated rings. The zero-order valence-corrected chi connectivity index (χ0v) is 11.8. The largest absolute Gasteiger partial charge is 0.378 e. The minimum absolute atomic E-state index is 0.308. The molecule has 5 heteroatoms. The van der Waals surface area contributed by atoms with Gasteiger partial charge in [0.2, 0.25) is 0 Å². The Hall–Kier alpha value is -1.55. The first-order chi connectivity index (χ1) is 9.10. The van der Waals surface area contributed by atoms with Crippen LogP contribution < -0.4 is 5.32 Å². The maximum Gasteiger partial charge on any atom is 0.125 e. The highest BCUT2D eigenvalue weighted by atomic mass is 35.5. The van der Waals surface area contributed by atoms with Gasteiger partial charge in [-0.25, -0.2) is 4.39 Å². The van der Waals surface area contributed by atoms with Gasteiger partial charge in [0.25, 0.3) is 0 Å². The predicted octanol–water partition coefficient (Wildman–Crippen LogP) is 4.26. The van der Waals surface area contributed by atoms with E-state index in [1.54, 1.807) is 0 Å². The summed E-state index contributed by atoms with van der Waals surface area (Å²) in [6.45, 7) is 4.76. The number of rotatable bonds is 5. The van der Waals surface area contributed by atoms with E-state index in [1.807, 2.05) is 16.9 Å². The molecule has 1 aromatic carbocycles. The number of anilines is 1. The fraction of sp³-hybridized carbons (Fsp3) is 0.357. The molecule has 0 bridgehead atoms. The van der Waals surface area contributed by atoms with E-state index in [1.165, 1.54) is 18.2 Å². The summed E-state index contributed by atoms with van der Waals surface area (Å²) in [5, 5.41) is 8.06. The van der Waals surface area contributed by atoms with E-state index in [-0.39, 0.29) is 5.82 Å². The van der Waals surface area contributed by atoms with Gasteiger partial charge in [-0.2, -0.15) is 5.10 Å². The number of hydrogen-bond acceptors (Lipinski definition) is 2. The number of aromatic nitrogens is 2. The molecule has 0 saturated heterocycles. The highest BCUT2D eigenvalue weighted by molar-refractivity contribution is 6.33. The van der Waals surface area contributed by atoms with Crippen molar-refractivity contribution in [1.82, 2.24) is 9.78 Å². The van der Waals surface area contributed by atoms with Crippen LogP contribution in [0, 0.1) is 5.82 Å². The molecular formula is C14H17ClFN3. The molecule has 1 N–H and O–H groups in total. The lowest BCUT2D eigenvalue weighted by molar-refractivity contribution is 0.474. The van der Waals surface area contributed by atoms with E-state index >= 15 is 0 Å². The molecule has 0 saturated carbocycles. The van der Waals surface area contributed by atoms with Crippen LogP contribution in [0.3, 0.4) is 0 Å². The zero-order valence-electron chi connectivity index (χ0n) is 11.0. The van der Waals surface area contributed by atoms with Crippen LogP contribution in [0.5, 0.6) is 0 Å². The van der Waals surface area contributed by atoms with Gasteiger partial charge in [0.15, 0.2) is 0 Å². The van der Waals surface area contributed by atoms with E-state index in [9.17, 15) is 4.39 Å². The second-order valence-electron chi connectivity index (χ2n) is 4.52. The summed E-state index contributed by atoms with van der Waals surface area (Å²) in [5.74, 6) is -0.308. The first kappa shape index (κ1) is 13.9. The SMILES string of the molecule is CCC(C)n1ccc(CNc2cc(F)ccc2Cl)n1. The molecule has 19 heavy (non-hydrogen) atoms. The van der Waals surface area contributed by atoms with Gasteiger partial charge in [-0.05, 0) is 37.6 Å². The van der Waals surface area contributed by atoms with Gasteiger partial charge in [0.05, 0.1) is 22.9 Å². The first-order valence-electron chi connectivity index (χ1n) is 6.33. The normalized spacial score (nSPS) is 12.4. The van der Waals surface area contributed by atoms with E-state index in [2.05, 4.69) is 24.3 Å². The van der Waals surface area contributed by atoms with Crippen LogP contribution in [0.15, 0.2) is 30.5 Å². The van der Waals surface area contributed by atoms with Crippen LogP contribution in [0.25, 0.3) is 0 Å². The molecule has 0 aliphatic heterocycles. The van der Waals surface area contributed by atoms with Crippen LogP contribution >= 0.6 is 11.6 Å². The second kappa shape index (κ2) is 6.06. The molecule has 1 atom stereocenters. The molecular weight excluding hydrogens is 265 g/mol. The fourth-order valence-corrected chi connectivity index (χ4v) is 1.91. The predicted molar refractivity (Wildman–Crippen MR) is 76.0 cm³/mol. The first-order valence-corrected chi connectivity index (χ1v) is 6.71. The second-order valence-corrected chi connectivity index (χ2v) is 4.93. The van der Waals surface area contributed by atoms with Crippen molar-refractivity contribution in [3.05, 3.63) is 47.0 Å². The lowest BCUT2D eigenvalue weighted by Crippen LogP contribution is -2.06. The summed E-state index contributed by atoms with van der Waals surface area (Å²) in [4.78, 5) is 0. The maximum absolute atomic E-state index is 13.1. The number of nitrogens with zero attached hydrogens (tertiary/aromatic N) is 2. The lowest BCUT2D eigenvalue weighted by Gasteiger charge is -2.09. The van der Waals surface area contributed by atoms with Crippen LogP contribution in [0.4, 0.5) is 10.1 Å². The molecule has 3 nitrogen and oxygen atoms in total. The van der Waals surface area contributed by atoms with Gasteiger partial charge in [-0.1, -0.05) is 18.5 Å². The summed E-state index contributed by atoms with van der Waals surface area (Å²) in [6, 6.07) is 6.59. The maximum atomic E-state index is 13.1. The quantitative estimate of drug-likeness (QED) is 0.887.